The van der Waals surface area contributed by atoms with Crippen LogP contribution in [0.15, 0.2) is 61.1 Å². The standard InChI is InChI=1S/C31H35N7O3/c1-4-7-21-12-13-33-25(19-21)35-31(40)22-10-11-23(20(2)18-22)27-28-29(32)34-14-16-38(28)30(36-27)24-8-5-15-37(24)26(39)9-6-17-41-3/h6,9-14,16,18-19,24H,4-5,7-8,15,17H2,1-3H3,(H2,32,34)(H,33,35,40)/b9-6+. The van der Waals surface area contributed by atoms with E-state index in [0.29, 0.717) is 41.6 Å². The Bertz CT molecular complexity index is 1610. The highest BCUT2D eigenvalue weighted by Crippen LogP contribution is 2.37. The van der Waals surface area contributed by atoms with Gasteiger partial charge >= 0.3 is 0 Å². The van der Waals surface area contributed by atoms with Crippen molar-refractivity contribution in [1.29, 1.82) is 0 Å². The summed E-state index contributed by atoms with van der Waals surface area (Å²) >= 11 is 0. The molecule has 1 fully saturated rings. The number of anilines is 2. The van der Waals surface area contributed by atoms with Crippen LogP contribution in [0.5, 0.6) is 0 Å². The topological polar surface area (TPSA) is 128 Å². The van der Waals surface area contributed by atoms with Crippen molar-refractivity contribution >= 4 is 29.0 Å². The summed E-state index contributed by atoms with van der Waals surface area (Å²) in [7, 11) is 1.59. The largest absolute Gasteiger partial charge is 0.382 e. The van der Waals surface area contributed by atoms with Crippen molar-refractivity contribution in [3.63, 3.8) is 0 Å². The van der Waals surface area contributed by atoms with E-state index in [9.17, 15) is 9.59 Å². The molecule has 1 aliphatic rings. The Morgan fingerprint density at radius 1 is 1.20 bits per heavy atom. The first-order valence-electron chi connectivity index (χ1n) is 13.9. The molecular formula is C31H35N7O3. The van der Waals surface area contributed by atoms with Gasteiger partial charge in [0.25, 0.3) is 5.91 Å². The van der Waals surface area contributed by atoms with Crippen molar-refractivity contribution in [2.24, 2.45) is 0 Å². The van der Waals surface area contributed by atoms with Crippen LogP contribution in [0.25, 0.3) is 16.8 Å². The second-order valence-electron chi connectivity index (χ2n) is 10.2. The Morgan fingerprint density at radius 2 is 2.05 bits per heavy atom. The zero-order valence-electron chi connectivity index (χ0n) is 23.6. The fraction of sp³-hybridized carbons (Fsp3) is 0.323. The van der Waals surface area contributed by atoms with E-state index in [4.69, 9.17) is 15.5 Å². The van der Waals surface area contributed by atoms with Crippen molar-refractivity contribution in [2.75, 3.05) is 31.3 Å². The first-order valence-corrected chi connectivity index (χ1v) is 13.9. The highest BCUT2D eigenvalue weighted by atomic mass is 16.5. The summed E-state index contributed by atoms with van der Waals surface area (Å²) in [6.45, 7) is 5.07. The van der Waals surface area contributed by atoms with Gasteiger partial charge in [0.05, 0.1) is 12.6 Å². The van der Waals surface area contributed by atoms with Crippen LogP contribution in [-0.4, -0.2) is 56.3 Å². The second kappa shape index (κ2) is 12.3. The average molecular weight is 554 g/mol. The van der Waals surface area contributed by atoms with Crippen LogP contribution in [0.1, 0.15) is 59.5 Å². The SMILES string of the molecule is CCCc1ccnc(NC(=O)c2ccc(-c3nc(C4CCCN4C(=O)/C=C/COC)n4ccnc(N)c34)c(C)c2)c1. The van der Waals surface area contributed by atoms with Crippen LogP contribution in [-0.2, 0) is 16.0 Å². The van der Waals surface area contributed by atoms with Gasteiger partial charge in [-0.25, -0.2) is 15.0 Å². The number of nitrogens with one attached hydrogen (secondary N) is 1. The molecule has 1 aliphatic heterocycles. The smallest absolute Gasteiger partial charge is 0.256 e. The van der Waals surface area contributed by atoms with Gasteiger partial charge in [-0.3, -0.25) is 14.0 Å². The number of rotatable bonds is 9. The van der Waals surface area contributed by atoms with Crippen LogP contribution in [0.3, 0.4) is 0 Å². The van der Waals surface area contributed by atoms with Gasteiger partial charge in [0.1, 0.15) is 28.7 Å². The Balaban J connectivity index is 1.47. The van der Waals surface area contributed by atoms with Gasteiger partial charge in [0, 0.05) is 49.4 Å². The molecule has 3 N–H and O–H groups in total. The molecule has 0 bridgehead atoms. The molecule has 1 saturated heterocycles. The van der Waals surface area contributed by atoms with Crippen molar-refractivity contribution in [3.05, 3.63) is 83.6 Å². The Labute approximate surface area is 239 Å². The first-order chi connectivity index (χ1) is 19.9. The third kappa shape index (κ3) is 5.83. The van der Waals surface area contributed by atoms with Gasteiger partial charge in [-0.15, -0.1) is 0 Å². The number of nitrogens with zero attached hydrogens (tertiary/aromatic N) is 5. The van der Waals surface area contributed by atoms with E-state index >= 15 is 0 Å². The second-order valence-corrected chi connectivity index (χ2v) is 10.2. The van der Waals surface area contributed by atoms with Crippen LogP contribution >= 0.6 is 0 Å². The summed E-state index contributed by atoms with van der Waals surface area (Å²) in [5.74, 6) is 1.29. The number of hydrogen-bond acceptors (Lipinski definition) is 7. The summed E-state index contributed by atoms with van der Waals surface area (Å²) < 4.78 is 6.98. The number of benzene rings is 1. The van der Waals surface area contributed by atoms with Crippen molar-refractivity contribution in [1.82, 2.24) is 24.3 Å². The maximum absolute atomic E-state index is 13.1. The quantitative estimate of drug-likeness (QED) is 0.286. The molecule has 4 heterocycles. The fourth-order valence-corrected chi connectivity index (χ4v) is 5.40. The predicted molar refractivity (Wildman–Crippen MR) is 158 cm³/mol. The lowest BCUT2D eigenvalue weighted by Crippen LogP contribution is -2.30. The number of methoxy groups -OCH3 is 1. The number of nitrogens with two attached hydrogens (primary N) is 1. The van der Waals surface area contributed by atoms with Crippen molar-refractivity contribution < 1.29 is 14.3 Å². The number of hydrogen-bond donors (Lipinski definition) is 2. The predicted octanol–water partition coefficient (Wildman–Crippen LogP) is 4.75. The maximum Gasteiger partial charge on any atom is 0.256 e. The van der Waals surface area contributed by atoms with E-state index in [0.717, 1.165) is 48.2 Å². The van der Waals surface area contributed by atoms with E-state index in [1.54, 1.807) is 37.7 Å². The number of fused-ring (bicyclic) bond motifs is 1. The molecule has 10 nitrogen and oxygen atoms in total. The van der Waals surface area contributed by atoms with E-state index < -0.39 is 0 Å². The summed E-state index contributed by atoms with van der Waals surface area (Å²) in [5, 5.41) is 2.91. The number of pyridine rings is 1. The third-order valence-electron chi connectivity index (χ3n) is 7.32. The molecular weight excluding hydrogens is 518 g/mol. The molecule has 212 valence electrons. The van der Waals surface area contributed by atoms with Crippen LogP contribution in [0.2, 0.25) is 0 Å². The molecule has 1 atom stereocenters. The van der Waals surface area contributed by atoms with Crippen molar-refractivity contribution in [2.45, 2.75) is 45.6 Å². The Kier molecular flexibility index (Phi) is 8.39. The molecule has 10 heteroatoms. The molecule has 4 aromatic rings. The van der Waals surface area contributed by atoms with Crippen LogP contribution in [0.4, 0.5) is 11.6 Å². The summed E-state index contributed by atoms with van der Waals surface area (Å²) in [6, 6.07) is 9.15. The van der Waals surface area contributed by atoms with Crippen LogP contribution < -0.4 is 11.1 Å². The minimum atomic E-state index is -0.237. The van der Waals surface area contributed by atoms with E-state index in [1.807, 2.05) is 46.7 Å². The molecule has 0 radical (unpaired) electrons. The highest BCUT2D eigenvalue weighted by molar-refractivity contribution is 6.04. The average Bonchev–Trinajstić information content (AvgIpc) is 3.59. The molecule has 5 rings (SSSR count). The van der Waals surface area contributed by atoms with Gasteiger partial charge in [-0.1, -0.05) is 25.5 Å². The van der Waals surface area contributed by atoms with E-state index in [1.165, 1.54) is 0 Å². The zero-order chi connectivity index (χ0) is 28.9. The lowest BCUT2D eigenvalue weighted by atomic mass is 10.0. The number of carbonyl (C=O) groups is 2. The molecule has 2 amide bonds. The van der Waals surface area contributed by atoms with Gasteiger partial charge < -0.3 is 20.7 Å². The number of likely N-dealkylation sites (tertiary alicyclic amines) is 1. The zero-order valence-corrected chi connectivity index (χ0v) is 23.6. The first kappa shape index (κ1) is 28.0. The molecule has 0 spiro atoms. The summed E-state index contributed by atoms with van der Waals surface area (Å²) in [6.07, 6.45) is 12.1. The third-order valence-corrected chi connectivity index (χ3v) is 7.32. The number of amides is 2. The van der Waals surface area contributed by atoms with E-state index in [-0.39, 0.29) is 17.9 Å². The lowest BCUT2D eigenvalue weighted by molar-refractivity contribution is -0.127. The number of aryl methyl sites for hydroxylation is 2. The minimum Gasteiger partial charge on any atom is -0.382 e. The fourth-order valence-electron chi connectivity index (χ4n) is 5.40. The number of ether oxygens (including phenoxy) is 1. The summed E-state index contributed by atoms with van der Waals surface area (Å²) in [5.41, 5.74) is 11.1. The molecule has 1 aromatic carbocycles. The number of aromatic nitrogens is 4. The van der Waals surface area contributed by atoms with Gasteiger partial charge in [0.2, 0.25) is 5.91 Å². The number of nitrogen functional groups attached to an aromatic ring is 1. The van der Waals surface area contributed by atoms with Crippen LogP contribution in [0, 0.1) is 6.92 Å². The molecule has 0 aliphatic carbocycles. The van der Waals surface area contributed by atoms with Gasteiger partial charge in [0.15, 0.2) is 0 Å². The summed E-state index contributed by atoms with van der Waals surface area (Å²) in [4.78, 5) is 41.6. The van der Waals surface area contributed by atoms with Gasteiger partial charge in [-0.05, 0) is 61.6 Å². The molecule has 3 aromatic heterocycles. The monoisotopic (exact) mass is 553 g/mol. The molecule has 41 heavy (non-hydrogen) atoms. The minimum absolute atomic E-state index is 0.0776. The Hall–Kier alpha value is -4.57. The number of carbonyl (C=O) groups excluding carboxylic acids is 2. The number of imidazole rings is 1. The van der Waals surface area contributed by atoms with Crippen molar-refractivity contribution in [3.8, 4) is 11.3 Å². The van der Waals surface area contributed by atoms with Gasteiger partial charge in [-0.2, -0.15) is 0 Å². The Morgan fingerprint density at radius 3 is 2.83 bits per heavy atom. The lowest BCUT2D eigenvalue weighted by Gasteiger charge is -2.22. The highest BCUT2D eigenvalue weighted by Gasteiger charge is 2.33. The molecule has 1 unspecified atom stereocenters. The molecule has 0 saturated carbocycles. The van der Waals surface area contributed by atoms with E-state index in [2.05, 4.69) is 22.2 Å². The normalized spacial score (nSPS) is 15.2. The maximum atomic E-state index is 13.1.